The van der Waals surface area contributed by atoms with Gasteiger partial charge in [0.05, 0.1) is 24.0 Å². The highest BCUT2D eigenvalue weighted by Gasteiger charge is 2.31. The molecule has 1 heterocycles. The summed E-state index contributed by atoms with van der Waals surface area (Å²) in [6.45, 7) is 3.47. The monoisotopic (exact) mass is 341 g/mol. The van der Waals surface area contributed by atoms with Gasteiger partial charge in [0.2, 0.25) is 0 Å². The van der Waals surface area contributed by atoms with Crippen LogP contribution >= 0.6 is 0 Å². The standard InChI is InChI=1S/C17H18F3NO3/c1-3-13(21-16(23)15-10(2)8-9-24-15)14(22)11-4-6-12(7-5-11)17(18,19)20/h4-9,13-14,22H,3H2,1-2H3,(H,21,23)/t13-,14+/m0/s1. The SMILES string of the molecule is CC[C@H](NC(=O)c1occc1C)[C@H](O)c1ccc(C(F)(F)F)cc1. The lowest BCUT2D eigenvalue weighted by Gasteiger charge is -2.23. The number of hydrogen-bond acceptors (Lipinski definition) is 3. The van der Waals surface area contributed by atoms with Gasteiger partial charge in [-0.3, -0.25) is 4.79 Å². The molecule has 4 nitrogen and oxygen atoms in total. The van der Waals surface area contributed by atoms with Gasteiger partial charge in [-0.1, -0.05) is 19.1 Å². The molecule has 0 saturated carbocycles. The number of nitrogens with one attached hydrogen (secondary N) is 1. The van der Waals surface area contributed by atoms with E-state index in [1.165, 1.54) is 18.4 Å². The number of hydrogen-bond donors (Lipinski definition) is 2. The van der Waals surface area contributed by atoms with Crippen LogP contribution in [0.5, 0.6) is 0 Å². The Bertz CT molecular complexity index is 692. The Balaban J connectivity index is 2.12. The van der Waals surface area contributed by atoms with Crippen LogP contribution in [0.25, 0.3) is 0 Å². The van der Waals surface area contributed by atoms with Crippen molar-refractivity contribution in [1.82, 2.24) is 5.32 Å². The van der Waals surface area contributed by atoms with Crippen molar-refractivity contribution in [3.8, 4) is 0 Å². The van der Waals surface area contributed by atoms with E-state index >= 15 is 0 Å². The van der Waals surface area contributed by atoms with E-state index in [0.29, 0.717) is 17.5 Å². The first-order valence-electron chi connectivity index (χ1n) is 7.44. The van der Waals surface area contributed by atoms with Crippen LogP contribution in [0.1, 0.15) is 46.7 Å². The fourth-order valence-corrected chi connectivity index (χ4v) is 2.35. The van der Waals surface area contributed by atoms with Crippen LogP contribution in [0.15, 0.2) is 41.0 Å². The third-order valence-electron chi connectivity index (χ3n) is 3.79. The number of aryl methyl sites for hydroxylation is 1. The lowest BCUT2D eigenvalue weighted by molar-refractivity contribution is -0.137. The van der Waals surface area contributed by atoms with Gasteiger partial charge in [-0.2, -0.15) is 13.2 Å². The second kappa shape index (κ2) is 7.09. The number of aliphatic hydroxyl groups excluding tert-OH is 1. The molecule has 0 unspecified atom stereocenters. The fraction of sp³-hybridized carbons (Fsp3) is 0.353. The van der Waals surface area contributed by atoms with E-state index in [9.17, 15) is 23.1 Å². The zero-order valence-electron chi connectivity index (χ0n) is 13.2. The largest absolute Gasteiger partial charge is 0.459 e. The summed E-state index contributed by atoms with van der Waals surface area (Å²) in [4.78, 5) is 12.2. The van der Waals surface area contributed by atoms with Gasteiger partial charge in [0.15, 0.2) is 5.76 Å². The maximum Gasteiger partial charge on any atom is 0.416 e. The van der Waals surface area contributed by atoms with E-state index in [2.05, 4.69) is 5.32 Å². The van der Waals surface area contributed by atoms with E-state index in [1.807, 2.05) is 0 Å². The highest BCUT2D eigenvalue weighted by molar-refractivity contribution is 5.93. The number of rotatable bonds is 5. The summed E-state index contributed by atoms with van der Waals surface area (Å²) in [7, 11) is 0. The van der Waals surface area contributed by atoms with Gasteiger partial charge in [0.1, 0.15) is 0 Å². The van der Waals surface area contributed by atoms with Crippen molar-refractivity contribution in [1.29, 1.82) is 0 Å². The Labute approximate surface area is 137 Å². The minimum absolute atomic E-state index is 0.146. The van der Waals surface area contributed by atoms with Crippen LogP contribution in [0.2, 0.25) is 0 Å². The average molecular weight is 341 g/mol. The smallest absolute Gasteiger partial charge is 0.416 e. The van der Waals surface area contributed by atoms with Crippen LogP contribution < -0.4 is 5.32 Å². The van der Waals surface area contributed by atoms with Crippen molar-refractivity contribution in [3.63, 3.8) is 0 Å². The van der Waals surface area contributed by atoms with Crippen LogP contribution in [0.4, 0.5) is 13.2 Å². The zero-order valence-corrected chi connectivity index (χ0v) is 13.2. The van der Waals surface area contributed by atoms with Crippen molar-refractivity contribution in [3.05, 3.63) is 59.0 Å². The van der Waals surface area contributed by atoms with Crippen molar-refractivity contribution in [2.75, 3.05) is 0 Å². The Hall–Kier alpha value is -2.28. The van der Waals surface area contributed by atoms with Crippen molar-refractivity contribution < 1.29 is 27.5 Å². The van der Waals surface area contributed by atoms with E-state index in [1.54, 1.807) is 19.9 Å². The highest BCUT2D eigenvalue weighted by atomic mass is 19.4. The molecule has 0 bridgehead atoms. The van der Waals surface area contributed by atoms with Gasteiger partial charge in [0.25, 0.3) is 5.91 Å². The molecule has 2 aromatic rings. The molecule has 2 atom stereocenters. The molecule has 0 aliphatic carbocycles. The van der Waals surface area contributed by atoms with Crippen molar-refractivity contribution in [2.45, 2.75) is 38.6 Å². The number of carbonyl (C=O) groups is 1. The summed E-state index contributed by atoms with van der Waals surface area (Å²) in [6.07, 6.45) is -3.78. The van der Waals surface area contributed by atoms with Crippen molar-refractivity contribution >= 4 is 5.91 Å². The highest BCUT2D eigenvalue weighted by Crippen LogP contribution is 2.30. The summed E-state index contributed by atoms with van der Waals surface area (Å²) in [5, 5.41) is 13.0. The molecule has 1 aromatic carbocycles. The van der Waals surface area contributed by atoms with Gasteiger partial charge in [-0.25, -0.2) is 0 Å². The third-order valence-corrected chi connectivity index (χ3v) is 3.79. The number of amides is 1. The summed E-state index contributed by atoms with van der Waals surface area (Å²) in [6, 6.07) is 5.22. The second-order valence-electron chi connectivity index (χ2n) is 5.49. The number of halogens is 3. The predicted molar refractivity (Wildman–Crippen MR) is 81.4 cm³/mol. The Morgan fingerprint density at radius 1 is 1.25 bits per heavy atom. The van der Waals surface area contributed by atoms with E-state index in [0.717, 1.165) is 12.1 Å². The molecule has 0 fully saturated rings. The van der Waals surface area contributed by atoms with Gasteiger partial charge < -0.3 is 14.8 Å². The molecule has 130 valence electrons. The molecule has 0 saturated heterocycles. The Morgan fingerprint density at radius 3 is 2.33 bits per heavy atom. The molecule has 2 N–H and O–H groups in total. The first-order chi connectivity index (χ1) is 11.2. The Kier molecular flexibility index (Phi) is 5.33. The second-order valence-corrected chi connectivity index (χ2v) is 5.49. The van der Waals surface area contributed by atoms with Gasteiger partial charge in [0, 0.05) is 5.56 Å². The molecular weight excluding hydrogens is 323 g/mol. The van der Waals surface area contributed by atoms with Gasteiger partial charge in [-0.15, -0.1) is 0 Å². The normalized spacial score (nSPS) is 14.2. The zero-order chi connectivity index (χ0) is 17.9. The molecule has 0 aliphatic heterocycles. The van der Waals surface area contributed by atoms with Crippen LogP contribution in [-0.4, -0.2) is 17.1 Å². The number of aliphatic hydroxyl groups is 1. The molecule has 24 heavy (non-hydrogen) atoms. The summed E-state index contributed by atoms with van der Waals surface area (Å²) >= 11 is 0. The Morgan fingerprint density at radius 2 is 1.88 bits per heavy atom. The number of alkyl halides is 3. The summed E-state index contributed by atoms with van der Waals surface area (Å²) in [5.74, 6) is -0.330. The van der Waals surface area contributed by atoms with E-state index in [-0.39, 0.29) is 5.76 Å². The molecule has 0 radical (unpaired) electrons. The molecule has 1 amide bonds. The fourth-order valence-electron chi connectivity index (χ4n) is 2.35. The van der Waals surface area contributed by atoms with Crippen LogP contribution in [0.3, 0.4) is 0 Å². The summed E-state index contributed by atoms with van der Waals surface area (Å²) in [5.41, 5.74) is 0.166. The maximum atomic E-state index is 12.6. The van der Waals surface area contributed by atoms with Gasteiger partial charge in [-0.05, 0) is 37.1 Å². The quantitative estimate of drug-likeness (QED) is 0.868. The van der Waals surface area contributed by atoms with E-state index in [4.69, 9.17) is 4.42 Å². The first-order valence-corrected chi connectivity index (χ1v) is 7.44. The maximum absolute atomic E-state index is 12.6. The van der Waals surface area contributed by atoms with Crippen LogP contribution in [-0.2, 0) is 6.18 Å². The first kappa shape index (κ1) is 18.1. The molecule has 7 heteroatoms. The number of carbonyl (C=O) groups excluding carboxylic acids is 1. The third kappa shape index (κ3) is 3.97. The average Bonchev–Trinajstić information content (AvgIpc) is 2.97. The number of furan rings is 1. The molecule has 0 aliphatic rings. The molecular formula is C17H18F3NO3. The van der Waals surface area contributed by atoms with Gasteiger partial charge >= 0.3 is 6.18 Å². The minimum atomic E-state index is -4.43. The lowest BCUT2D eigenvalue weighted by atomic mass is 9.99. The minimum Gasteiger partial charge on any atom is -0.459 e. The predicted octanol–water partition coefficient (Wildman–Crippen LogP) is 3.85. The molecule has 0 spiro atoms. The van der Waals surface area contributed by atoms with Crippen LogP contribution in [0, 0.1) is 6.92 Å². The number of benzene rings is 1. The molecule has 1 aromatic heterocycles. The molecule has 2 rings (SSSR count). The van der Waals surface area contributed by atoms with Crippen molar-refractivity contribution in [2.24, 2.45) is 0 Å². The topological polar surface area (TPSA) is 62.5 Å². The van der Waals surface area contributed by atoms with E-state index < -0.39 is 29.8 Å². The summed E-state index contributed by atoms with van der Waals surface area (Å²) < 4.78 is 42.8. The lowest BCUT2D eigenvalue weighted by Crippen LogP contribution is -2.39.